The van der Waals surface area contributed by atoms with Crippen LogP contribution in [0.15, 0.2) is 47.4 Å². The minimum Gasteiger partial charge on any atom is -0.384 e. The average Bonchev–Trinajstić information content (AvgIpc) is 2.94. The Morgan fingerprint density at radius 3 is 2.67 bits per heavy atom. The van der Waals surface area contributed by atoms with Crippen molar-refractivity contribution >= 4 is 21.4 Å². The Balaban J connectivity index is 2.02. The Hall–Kier alpha value is -2.01. The van der Waals surface area contributed by atoms with Crippen molar-refractivity contribution in [2.45, 2.75) is 18.2 Å². The van der Waals surface area contributed by atoms with Gasteiger partial charge in [-0.3, -0.25) is 4.31 Å². The highest BCUT2D eigenvalue weighted by molar-refractivity contribution is 7.92. The highest BCUT2D eigenvalue weighted by Gasteiger charge is 2.24. The zero-order valence-electron chi connectivity index (χ0n) is 12.1. The molecule has 1 aliphatic heterocycles. The van der Waals surface area contributed by atoms with Gasteiger partial charge in [0.25, 0.3) is 10.0 Å². The summed E-state index contributed by atoms with van der Waals surface area (Å²) in [6, 6.07) is 12.8. The summed E-state index contributed by atoms with van der Waals surface area (Å²) in [5, 5.41) is 3.24. The number of nitrogens with zero attached hydrogens (tertiary/aromatic N) is 1. The van der Waals surface area contributed by atoms with Gasteiger partial charge in [-0.05, 0) is 48.7 Å². The number of hydrogen-bond acceptors (Lipinski definition) is 3. The Labute approximate surface area is 125 Å². The molecule has 0 amide bonds. The molecule has 1 N–H and O–H groups in total. The molecule has 0 fully saturated rings. The zero-order chi connectivity index (χ0) is 15.0. The van der Waals surface area contributed by atoms with Crippen LogP contribution in [0.4, 0.5) is 11.4 Å². The molecule has 2 aromatic rings. The Morgan fingerprint density at radius 1 is 1.14 bits per heavy atom. The van der Waals surface area contributed by atoms with Gasteiger partial charge in [0, 0.05) is 19.3 Å². The predicted molar refractivity (Wildman–Crippen MR) is 85.4 cm³/mol. The average molecular weight is 302 g/mol. The van der Waals surface area contributed by atoms with Crippen LogP contribution in [0.3, 0.4) is 0 Å². The van der Waals surface area contributed by atoms with Gasteiger partial charge in [-0.1, -0.05) is 18.2 Å². The van der Waals surface area contributed by atoms with Gasteiger partial charge in [0.1, 0.15) is 0 Å². The molecular weight excluding hydrogens is 284 g/mol. The lowest BCUT2D eigenvalue weighted by Gasteiger charge is -2.21. The highest BCUT2D eigenvalue weighted by Crippen LogP contribution is 2.29. The van der Waals surface area contributed by atoms with E-state index in [2.05, 4.69) is 5.32 Å². The number of sulfonamides is 1. The first kappa shape index (κ1) is 13.9. The van der Waals surface area contributed by atoms with Crippen LogP contribution in [0.1, 0.15) is 11.1 Å². The maximum Gasteiger partial charge on any atom is 0.264 e. The molecular formula is C16H18N2O2S. The molecule has 0 saturated heterocycles. The molecule has 1 heterocycles. The Bertz CT molecular complexity index is 785. The van der Waals surface area contributed by atoms with E-state index in [0.717, 1.165) is 29.8 Å². The summed E-state index contributed by atoms with van der Waals surface area (Å²) < 4.78 is 26.9. The van der Waals surface area contributed by atoms with Crippen LogP contribution in [-0.2, 0) is 16.4 Å². The molecule has 0 atom stereocenters. The minimum atomic E-state index is -3.53. The number of benzene rings is 2. The predicted octanol–water partition coefficient (Wildman–Crippen LogP) is 2.79. The Kier molecular flexibility index (Phi) is 3.37. The topological polar surface area (TPSA) is 49.4 Å². The third kappa shape index (κ3) is 2.38. The van der Waals surface area contributed by atoms with E-state index in [1.165, 1.54) is 4.31 Å². The van der Waals surface area contributed by atoms with Gasteiger partial charge in [0.2, 0.25) is 0 Å². The monoisotopic (exact) mass is 302 g/mol. The van der Waals surface area contributed by atoms with Gasteiger partial charge in [-0.15, -0.1) is 0 Å². The standard InChI is InChI=1S/C16H18N2O2S/c1-12-5-3-4-6-16(12)18(2)21(19,20)14-7-8-15-13(11-14)9-10-17-15/h3-8,11,17H,9-10H2,1-2H3. The van der Waals surface area contributed by atoms with Crippen molar-refractivity contribution in [3.63, 3.8) is 0 Å². The normalized spacial score (nSPS) is 13.6. The molecule has 0 saturated carbocycles. The molecule has 0 unspecified atom stereocenters. The fraction of sp³-hybridized carbons (Fsp3) is 0.250. The van der Waals surface area contributed by atoms with Gasteiger partial charge in [-0.25, -0.2) is 8.42 Å². The molecule has 0 bridgehead atoms. The molecule has 21 heavy (non-hydrogen) atoms. The number of fused-ring (bicyclic) bond motifs is 1. The van der Waals surface area contributed by atoms with Gasteiger partial charge in [0.05, 0.1) is 10.6 Å². The first-order valence-electron chi connectivity index (χ1n) is 6.91. The molecule has 0 radical (unpaired) electrons. The number of hydrogen-bond donors (Lipinski definition) is 1. The van der Waals surface area contributed by atoms with Crippen molar-refractivity contribution in [3.05, 3.63) is 53.6 Å². The van der Waals surface area contributed by atoms with Crippen molar-refractivity contribution in [1.82, 2.24) is 0 Å². The van der Waals surface area contributed by atoms with Crippen LogP contribution in [0, 0.1) is 6.92 Å². The number of rotatable bonds is 3. The number of anilines is 2. The summed E-state index contributed by atoms with van der Waals surface area (Å²) in [5.74, 6) is 0. The lowest BCUT2D eigenvalue weighted by Crippen LogP contribution is -2.27. The SMILES string of the molecule is Cc1ccccc1N(C)S(=O)(=O)c1ccc2c(c1)CCN2. The van der Waals surface area contributed by atoms with E-state index in [1.54, 1.807) is 19.2 Å². The van der Waals surface area contributed by atoms with Crippen LogP contribution in [0.25, 0.3) is 0 Å². The molecule has 3 rings (SSSR count). The van der Waals surface area contributed by atoms with Gasteiger partial charge < -0.3 is 5.32 Å². The van der Waals surface area contributed by atoms with Crippen molar-refractivity contribution in [2.75, 3.05) is 23.2 Å². The highest BCUT2D eigenvalue weighted by atomic mass is 32.2. The molecule has 4 nitrogen and oxygen atoms in total. The number of nitrogens with one attached hydrogen (secondary N) is 1. The van der Waals surface area contributed by atoms with Crippen molar-refractivity contribution in [3.8, 4) is 0 Å². The fourth-order valence-corrected chi connectivity index (χ4v) is 3.96. The maximum absolute atomic E-state index is 12.8. The quantitative estimate of drug-likeness (QED) is 0.948. The lowest BCUT2D eigenvalue weighted by molar-refractivity contribution is 0.594. The van der Waals surface area contributed by atoms with E-state index < -0.39 is 10.0 Å². The molecule has 1 aliphatic rings. The first-order chi connectivity index (χ1) is 10.00. The van der Waals surface area contributed by atoms with Gasteiger partial charge >= 0.3 is 0 Å². The van der Waals surface area contributed by atoms with E-state index in [-0.39, 0.29) is 0 Å². The fourth-order valence-electron chi connectivity index (χ4n) is 2.65. The number of para-hydroxylation sites is 1. The van der Waals surface area contributed by atoms with Crippen molar-refractivity contribution < 1.29 is 8.42 Å². The lowest BCUT2D eigenvalue weighted by atomic mass is 10.2. The van der Waals surface area contributed by atoms with Crippen LogP contribution in [0.2, 0.25) is 0 Å². The van der Waals surface area contributed by atoms with Crippen LogP contribution < -0.4 is 9.62 Å². The van der Waals surface area contributed by atoms with Crippen LogP contribution in [-0.4, -0.2) is 22.0 Å². The van der Waals surface area contributed by atoms with E-state index in [1.807, 2.05) is 37.3 Å². The molecule has 110 valence electrons. The molecule has 0 aliphatic carbocycles. The molecule has 0 aromatic heterocycles. The second-order valence-corrected chi connectivity index (χ2v) is 7.22. The van der Waals surface area contributed by atoms with E-state index in [0.29, 0.717) is 10.6 Å². The van der Waals surface area contributed by atoms with E-state index >= 15 is 0 Å². The molecule has 5 heteroatoms. The zero-order valence-corrected chi connectivity index (χ0v) is 12.9. The van der Waals surface area contributed by atoms with E-state index in [9.17, 15) is 8.42 Å². The molecule has 2 aromatic carbocycles. The summed E-state index contributed by atoms with van der Waals surface area (Å²) in [6.07, 6.45) is 0.868. The largest absolute Gasteiger partial charge is 0.384 e. The van der Waals surface area contributed by atoms with Crippen molar-refractivity contribution in [1.29, 1.82) is 0 Å². The number of aryl methyl sites for hydroxylation is 1. The summed E-state index contributed by atoms with van der Waals surface area (Å²) >= 11 is 0. The molecule has 0 spiro atoms. The van der Waals surface area contributed by atoms with Gasteiger partial charge in [-0.2, -0.15) is 0 Å². The third-order valence-corrected chi connectivity index (χ3v) is 5.67. The van der Waals surface area contributed by atoms with Gasteiger partial charge in [0.15, 0.2) is 0 Å². The van der Waals surface area contributed by atoms with Crippen molar-refractivity contribution in [2.24, 2.45) is 0 Å². The smallest absolute Gasteiger partial charge is 0.264 e. The van der Waals surface area contributed by atoms with E-state index in [4.69, 9.17) is 0 Å². The summed E-state index contributed by atoms with van der Waals surface area (Å²) in [6.45, 7) is 2.78. The second-order valence-electron chi connectivity index (χ2n) is 5.25. The first-order valence-corrected chi connectivity index (χ1v) is 8.35. The third-order valence-electron chi connectivity index (χ3n) is 3.90. The maximum atomic E-state index is 12.8. The summed E-state index contributed by atoms with van der Waals surface area (Å²) in [5.41, 5.74) is 3.74. The van der Waals surface area contributed by atoms with Crippen LogP contribution >= 0.6 is 0 Å². The minimum absolute atomic E-state index is 0.343. The summed E-state index contributed by atoms with van der Waals surface area (Å²) in [7, 11) is -1.93. The Morgan fingerprint density at radius 2 is 1.90 bits per heavy atom. The van der Waals surface area contributed by atoms with Crippen LogP contribution in [0.5, 0.6) is 0 Å². The summed E-state index contributed by atoms with van der Waals surface area (Å²) in [4.78, 5) is 0.343. The second kappa shape index (κ2) is 5.07.